The van der Waals surface area contributed by atoms with Crippen molar-refractivity contribution in [3.8, 4) is 11.5 Å². The summed E-state index contributed by atoms with van der Waals surface area (Å²) < 4.78 is 37.9. The van der Waals surface area contributed by atoms with Crippen LogP contribution in [0.3, 0.4) is 0 Å². The molecule has 2 aromatic rings. The van der Waals surface area contributed by atoms with Crippen LogP contribution in [0.4, 0.5) is 0 Å². The first-order valence-electron chi connectivity index (χ1n) is 6.05. The minimum Gasteiger partial charge on any atom is -0.493 e. The molecule has 1 aromatic carbocycles. The molecule has 21 heavy (non-hydrogen) atoms. The van der Waals surface area contributed by atoms with Crippen LogP contribution in [0.2, 0.25) is 0 Å². The highest BCUT2D eigenvalue weighted by Crippen LogP contribution is 2.27. The normalized spacial score (nSPS) is 11.5. The number of hydrogen-bond acceptors (Lipinski definition) is 4. The number of H-pyrrole nitrogens is 1. The fourth-order valence-corrected chi connectivity index (χ4v) is 2.51. The van der Waals surface area contributed by atoms with E-state index in [2.05, 4.69) is 9.38 Å². The van der Waals surface area contributed by atoms with Crippen LogP contribution < -0.4 is 14.5 Å². The lowest BCUT2D eigenvalue weighted by Gasteiger charge is -2.07. The van der Waals surface area contributed by atoms with Gasteiger partial charge in [0.2, 0.25) is 0 Å². The van der Waals surface area contributed by atoms with Crippen molar-refractivity contribution >= 4 is 16.2 Å². The van der Waals surface area contributed by atoms with Crippen LogP contribution in [0.5, 0.6) is 11.5 Å². The van der Waals surface area contributed by atoms with E-state index < -0.39 is 10.0 Å². The van der Waals surface area contributed by atoms with Crippen molar-refractivity contribution in [1.82, 2.24) is 0 Å². The zero-order chi connectivity index (χ0) is 15.3. The molecule has 0 aliphatic heterocycles. The van der Waals surface area contributed by atoms with Gasteiger partial charge in [-0.25, -0.2) is 4.98 Å². The fourth-order valence-electron chi connectivity index (χ4n) is 1.66. The highest BCUT2D eigenvalue weighted by atomic mass is 32.2. The minimum atomic E-state index is -3.73. The predicted octanol–water partition coefficient (Wildman–Crippen LogP) is 1.33. The van der Waals surface area contributed by atoms with Gasteiger partial charge < -0.3 is 9.47 Å². The number of methoxy groups -OCH3 is 2. The van der Waals surface area contributed by atoms with Gasteiger partial charge in [0.1, 0.15) is 0 Å². The van der Waals surface area contributed by atoms with Crippen molar-refractivity contribution in [3.63, 3.8) is 0 Å². The molecular weight excluding hydrogens is 292 g/mol. The average molecular weight is 307 g/mol. The molecule has 110 valence electrons. The maximum absolute atomic E-state index is 12.0. The van der Waals surface area contributed by atoms with Gasteiger partial charge in [-0.2, -0.15) is 12.8 Å². The number of sulfonamides is 1. The topological polar surface area (TPSA) is 79.1 Å². The van der Waals surface area contributed by atoms with Gasteiger partial charge in [-0.15, -0.1) is 0 Å². The standard InChI is InChI=1S/C14H14N2O4S/c1-19-13-6-5-11(8-14(13)20-2)9-16-21(17,18)12-4-3-7-15-10-12/h3-10H,1-2H3/p+1. The smallest absolute Gasteiger partial charge is 0.288 e. The number of pyridine rings is 1. The van der Waals surface area contributed by atoms with Crippen LogP contribution in [-0.2, 0) is 10.0 Å². The SMILES string of the molecule is COc1ccc(C=NS(=O)(=O)c2ccc[nH+]c2)cc1OC. The van der Waals surface area contributed by atoms with Crippen LogP contribution >= 0.6 is 0 Å². The summed E-state index contributed by atoms with van der Waals surface area (Å²) in [4.78, 5) is 2.81. The summed E-state index contributed by atoms with van der Waals surface area (Å²) in [7, 11) is -0.689. The third-order valence-corrected chi connectivity index (χ3v) is 3.96. The second-order valence-electron chi connectivity index (χ2n) is 4.06. The van der Waals surface area contributed by atoms with Crippen LogP contribution in [0.1, 0.15) is 5.56 Å². The number of nitrogens with one attached hydrogen (secondary N) is 1. The molecule has 1 N–H and O–H groups in total. The molecule has 0 amide bonds. The van der Waals surface area contributed by atoms with Crippen molar-refractivity contribution in [1.29, 1.82) is 0 Å². The third kappa shape index (κ3) is 3.57. The van der Waals surface area contributed by atoms with Crippen LogP contribution in [0.25, 0.3) is 0 Å². The Balaban J connectivity index is 2.29. The van der Waals surface area contributed by atoms with Crippen LogP contribution in [-0.4, -0.2) is 28.9 Å². The number of benzene rings is 1. The minimum absolute atomic E-state index is 0.0988. The van der Waals surface area contributed by atoms with Crippen LogP contribution in [0, 0.1) is 0 Å². The third-order valence-electron chi connectivity index (χ3n) is 2.72. The number of aromatic amines is 1. The molecule has 0 aliphatic carbocycles. The summed E-state index contributed by atoms with van der Waals surface area (Å²) in [5.74, 6) is 1.07. The lowest BCUT2D eigenvalue weighted by Crippen LogP contribution is -2.05. The van der Waals surface area contributed by atoms with E-state index in [1.807, 2.05) is 0 Å². The second-order valence-corrected chi connectivity index (χ2v) is 5.70. The maximum atomic E-state index is 12.0. The Bertz CT molecular complexity index is 743. The molecule has 2 rings (SSSR count). The Morgan fingerprint density at radius 1 is 1.14 bits per heavy atom. The largest absolute Gasteiger partial charge is 0.493 e. The van der Waals surface area contributed by atoms with Gasteiger partial charge in [0.05, 0.1) is 14.2 Å². The lowest BCUT2D eigenvalue weighted by molar-refractivity contribution is -0.381. The van der Waals surface area contributed by atoms with E-state index in [-0.39, 0.29) is 4.90 Å². The van der Waals surface area contributed by atoms with Gasteiger partial charge in [0.25, 0.3) is 10.0 Å². The van der Waals surface area contributed by atoms with Gasteiger partial charge in [0, 0.05) is 12.3 Å². The Hall–Kier alpha value is -2.41. The number of aromatic nitrogens is 1. The van der Waals surface area contributed by atoms with Gasteiger partial charge in [-0.1, -0.05) is 0 Å². The second kappa shape index (κ2) is 6.36. The van der Waals surface area contributed by atoms with E-state index in [1.165, 1.54) is 32.7 Å². The number of nitrogens with zero attached hydrogens (tertiary/aromatic N) is 1. The predicted molar refractivity (Wildman–Crippen MR) is 77.3 cm³/mol. The van der Waals surface area contributed by atoms with Crippen LogP contribution in [0.15, 0.2) is 52.0 Å². The molecule has 0 spiro atoms. The van der Waals surface area contributed by atoms with E-state index in [0.717, 1.165) is 0 Å². The molecule has 0 fully saturated rings. The summed E-state index contributed by atoms with van der Waals surface area (Å²) in [5.41, 5.74) is 0.594. The first-order chi connectivity index (χ1) is 10.1. The number of rotatable bonds is 5. The molecule has 1 heterocycles. The van der Waals surface area contributed by atoms with E-state index in [4.69, 9.17) is 9.47 Å². The van der Waals surface area contributed by atoms with Crippen molar-refractivity contribution in [2.75, 3.05) is 14.2 Å². The van der Waals surface area contributed by atoms with Gasteiger partial charge in [-0.3, -0.25) is 0 Å². The van der Waals surface area contributed by atoms with Crippen molar-refractivity contribution in [3.05, 3.63) is 48.3 Å². The molecule has 0 unspecified atom stereocenters. The molecule has 0 atom stereocenters. The Kier molecular flexibility index (Phi) is 4.54. The molecule has 0 saturated carbocycles. The zero-order valence-corrected chi connectivity index (χ0v) is 12.4. The van der Waals surface area contributed by atoms with Crippen molar-refractivity contribution < 1.29 is 22.9 Å². The fraction of sp³-hybridized carbons (Fsp3) is 0.143. The Labute approximate surface area is 123 Å². The summed E-state index contributed by atoms with van der Waals surface area (Å²) in [6.07, 6.45) is 4.27. The molecule has 7 heteroatoms. The maximum Gasteiger partial charge on any atom is 0.288 e. The highest BCUT2D eigenvalue weighted by molar-refractivity contribution is 7.90. The van der Waals surface area contributed by atoms with E-state index in [1.54, 1.807) is 30.5 Å². The van der Waals surface area contributed by atoms with Gasteiger partial charge in [0.15, 0.2) is 28.8 Å². The Morgan fingerprint density at radius 2 is 1.90 bits per heavy atom. The van der Waals surface area contributed by atoms with E-state index in [9.17, 15) is 8.42 Å². The van der Waals surface area contributed by atoms with Gasteiger partial charge in [-0.05, 0) is 29.8 Å². The molecule has 0 radical (unpaired) electrons. The summed E-state index contributed by atoms with van der Waals surface area (Å²) in [6, 6.07) is 8.09. The first-order valence-corrected chi connectivity index (χ1v) is 7.49. The molecule has 1 aromatic heterocycles. The summed E-state index contributed by atoms with van der Waals surface area (Å²) >= 11 is 0. The summed E-state index contributed by atoms with van der Waals surface area (Å²) in [5, 5.41) is 0. The van der Waals surface area contributed by atoms with Gasteiger partial charge >= 0.3 is 0 Å². The lowest BCUT2D eigenvalue weighted by atomic mass is 10.2. The highest BCUT2D eigenvalue weighted by Gasteiger charge is 2.13. The Morgan fingerprint density at radius 3 is 2.52 bits per heavy atom. The molecule has 0 saturated heterocycles. The summed E-state index contributed by atoms with van der Waals surface area (Å²) in [6.45, 7) is 0. The molecule has 6 nitrogen and oxygen atoms in total. The van der Waals surface area contributed by atoms with E-state index in [0.29, 0.717) is 17.1 Å². The molecular formula is C14H15N2O4S+. The molecule has 0 aliphatic rings. The quantitative estimate of drug-likeness (QED) is 0.781. The monoisotopic (exact) mass is 307 g/mol. The van der Waals surface area contributed by atoms with Crippen molar-refractivity contribution in [2.24, 2.45) is 4.40 Å². The first kappa shape index (κ1) is 15.0. The number of hydrogen-bond donors (Lipinski definition) is 0. The zero-order valence-electron chi connectivity index (χ0n) is 11.6. The number of ether oxygens (including phenoxy) is 2. The molecule has 0 bridgehead atoms. The van der Waals surface area contributed by atoms with E-state index >= 15 is 0 Å². The van der Waals surface area contributed by atoms with Crippen molar-refractivity contribution in [2.45, 2.75) is 4.90 Å². The average Bonchev–Trinajstić information content (AvgIpc) is 2.53.